The minimum atomic E-state index is 0. The van der Waals surface area contributed by atoms with Gasteiger partial charge >= 0.3 is 0 Å². The number of halogens is 2. The van der Waals surface area contributed by atoms with Crippen LogP contribution >= 0.6 is 0 Å². The molecule has 0 saturated heterocycles. The van der Waals surface area contributed by atoms with Crippen LogP contribution in [-0.4, -0.2) is 0 Å². The topological polar surface area (TPSA) is 0 Å². The molecule has 56 heavy (non-hydrogen) atoms. The molecule has 0 N–H and O–H groups in total. The zero-order valence-corrected chi connectivity index (χ0v) is 44.6. The third-order valence-corrected chi connectivity index (χ3v) is 11.1. The van der Waals surface area contributed by atoms with Gasteiger partial charge in [-0.3, -0.25) is 0 Å². The van der Waals surface area contributed by atoms with E-state index in [1.54, 1.807) is 44.6 Å². The molecule has 0 aromatic heterocycles. The fourth-order valence-electron chi connectivity index (χ4n) is 7.49. The zero-order chi connectivity index (χ0) is 38.1. The predicted octanol–water partition coefficient (Wildman–Crippen LogP) is 12.5. The van der Waals surface area contributed by atoms with Gasteiger partial charge in [0, 0.05) is 52.4 Å². The molecule has 0 aromatic rings. The molecular weight excluding hydrogens is 878 g/mol. The first-order valence-corrected chi connectivity index (χ1v) is 23.0. The molecule has 4 rings (SSSR count). The van der Waals surface area contributed by atoms with Crippen LogP contribution in [0.4, 0.5) is 0 Å². The van der Waals surface area contributed by atoms with Gasteiger partial charge in [-0.05, 0) is 151 Å². The van der Waals surface area contributed by atoms with E-state index in [-0.39, 0.29) is 77.2 Å². The molecule has 0 aliphatic heterocycles. The van der Waals surface area contributed by atoms with Crippen LogP contribution in [0.2, 0.25) is 0 Å². The summed E-state index contributed by atoms with van der Waals surface area (Å²) in [6.45, 7) is 18.2. The normalized spacial score (nSPS) is 14.7. The van der Waals surface area contributed by atoms with Gasteiger partial charge in [-0.1, -0.05) is 178 Å². The standard InChI is InChI=1S/4C13H22.2ClH.2Zr/c4*1-3-5-8-12-10-7-11-13(12)9-6-4-2;;;;/h4*7,10H,3-6,8-9,11H2,1-2H3;2*1H;;/p-2. The predicted molar refractivity (Wildman–Crippen MR) is 239 cm³/mol. The maximum atomic E-state index is 2.35. The Morgan fingerprint density at radius 3 is 0.607 bits per heavy atom. The van der Waals surface area contributed by atoms with Crippen LogP contribution in [0.5, 0.6) is 0 Å². The largest absolute Gasteiger partial charge is 1.00 e. The molecule has 0 spiro atoms. The van der Waals surface area contributed by atoms with Crippen molar-refractivity contribution in [3.63, 3.8) is 0 Å². The Morgan fingerprint density at radius 2 is 0.446 bits per heavy atom. The molecule has 0 fully saturated rings. The minimum Gasteiger partial charge on any atom is -1.00 e. The van der Waals surface area contributed by atoms with E-state index in [0.29, 0.717) is 0 Å². The van der Waals surface area contributed by atoms with Crippen LogP contribution in [0.1, 0.15) is 235 Å². The summed E-state index contributed by atoms with van der Waals surface area (Å²) in [6, 6.07) is 0. The summed E-state index contributed by atoms with van der Waals surface area (Å²) < 4.78 is 0. The second-order valence-electron chi connectivity index (χ2n) is 15.8. The van der Waals surface area contributed by atoms with Crippen LogP contribution in [0.25, 0.3) is 0 Å². The zero-order valence-electron chi connectivity index (χ0n) is 38.2. The molecule has 320 valence electrons. The Bertz CT molecular complexity index is 993. The van der Waals surface area contributed by atoms with Crippen molar-refractivity contribution in [2.75, 3.05) is 0 Å². The van der Waals surface area contributed by atoms with Crippen molar-refractivity contribution in [1.82, 2.24) is 0 Å². The fraction of sp³-hybridized carbons (Fsp3) is 0.692. The first-order chi connectivity index (χ1) is 25.5. The molecular formula is C52H88Cl2Zr2-2. The summed E-state index contributed by atoms with van der Waals surface area (Å²) in [7, 11) is 0. The molecule has 0 unspecified atom stereocenters. The Morgan fingerprint density at radius 1 is 0.286 bits per heavy atom. The summed E-state index contributed by atoms with van der Waals surface area (Å²) in [5, 5.41) is 0. The first-order valence-electron chi connectivity index (χ1n) is 23.0. The molecule has 0 saturated carbocycles. The van der Waals surface area contributed by atoms with Gasteiger partial charge in [0.05, 0.1) is 0 Å². The fourth-order valence-corrected chi connectivity index (χ4v) is 7.49. The van der Waals surface area contributed by atoms with Crippen molar-refractivity contribution in [3.05, 3.63) is 93.2 Å². The van der Waals surface area contributed by atoms with E-state index in [1.807, 2.05) is 0 Å². The van der Waals surface area contributed by atoms with Gasteiger partial charge < -0.3 is 24.8 Å². The van der Waals surface area contributed by atoms with Crippen LogP contribution in [0.3, 0.4) is 0 Å². The number of hydrogen-bond donors (Lipinski definition) is 0. The molecule has 0 heterocycles. The van der Waals surface area contributed by atoms with E-state index in [0.717, 1.165) is 0 Å². The van der Waals surface area contributed by atoms with E-state index >= 15 is 0 Å². The molecule has 0 amide bonds. The van der Waals surface area contributed by atoms with E-state index in [1.165, 1.54) is 180 Å². The summed E-state index contributed by atoms with van der Waals surface area (Å²) in [6.07, 6.45) is 55.7. The molecule has 0 nitrogen and oxygen atoms in total. The molecule has 4 aliphatic carbocycles. The number of rotatable bonds is 24. The molecule has 0 atom stereocenters. The molecule has 0 bridgehead atoms. The van der Waals surface area contributed by atoms with Crippen molar-refractivity contribution < 1.29 is 77.2 Å². The van der Waals surface area contributed by atoms with Gasteiger partial charge in [0.15, 0.2) is 0 Å². The van der Waals surface area contributed by atoms with E-state index in [2.05, 4.69) is 104 Å². The maximum Gasteiger partial charge on any atom is 0 e. The van der Waals surface area contributed by atoms with Gasteiger partial charge in [-0.2, -0.15) is 0 Å². The number of hydrogen-bond acceptors (Lipinski definition) is 0. The third-order valence-electron chi connectivity index (χ3n) is 11.1. The van der Waals surface area contributed by atoms with E-state index in [9.17, 15) is 0 Å². The Kier molecular flexibility index (Phi) is 50.3. The number of unbranched alkanes of at least 4 members (excludes halogenated alkanes) is 8. The van der Waals surface area contributed by atoms with Crippen LogP contribution < -0.4 is 24.8 Å². The molecule has 4 aliphatic rings. The molecule has 4 heteroatoms. The van der Waals surface area contributed by atoms with Crippen LogP contribution in [0, 0.1) is 0 Å². The SMILES string of the molecule is CCCCC1=C(CCCC)CC=C1.CCCCC1=C(CCCC)CC=C1.CCCCC1=C(CCCC)CC=C1.CCCCC1=C(CCCC)CC=C1.[Cl-].[Cl-].[Zr].[Zr]. The average Bonchev–Trinajstić information content (AvgIpc) is 4.00. The third kappa shape index (κ3) is 29.5. The van der Waals surface area contributed by atoms with Crippen molar-refractivity contribution in [3.8, 4) is 0 Å². The number of allylic oxidation sites excluding steroid dienone is 16. The van der Waals surface area contributed by atoms with Gasteiger partial charge in [-0.15, -0.1) is 0 Å². The summed E-state index contributed by atoms with van der Waals surface area (Å²) in [5.74, 6) is 0. The Balaban J connectivity index is -0.000000314. The van der Waals surface area contributed by atoms with Crippen molar-refractivity contribution in [2.24, 2.45) is 0 Å². The summed E-state index contributed by atoms with van der Waals surface area (Å²) in [5.41, 5.74) is 13.5. The second kappa shape index (κ2) is 44.8. The first kappa shape index (κ1) is 62.9. The van der Waals surface area contributed by atoms with E-state index in [4.69, 9.17) is 0 Å². The molecule has 0 aromatic carbocycles. The van der Waals surface area contributed by atoms with E-state index < -0.39 is 0 Å². The second-order valence-corrected chi connectivity index (χ2v) is 15.8. The monoisotopic (exact) mass is 962 g/mol. The van der Waals surface area contributed by atoms with Crippen molar-refractivity contribution in [2.45, 2.75) is 235 Å². The maximum absolute atomic E-state index is 2.35. The van der Waals surface area contributed by atoms with Crippen LogP contribution in [0.15, 0.2) is 93.2 Å². The van der Waals surface area contributed by atoms with Crippen molar-refractivity contribution in [1.29, 1.82) is 0 Å². The summed E-state index contributed by atoms with van der Waals surface area (Å²) >= 11 is 0. The summed E-state index contributed by atoms with van der Waals surface area (Å²) in [4.78, 5) is 0. The average molecular weight is 967 g/mol. The van der Waals surface area contributed by atoms with Gasteiger partial charge in [0.2, 0.25) is 0 Å². The van der Waals surface area contributed by atoms with Crippen LogP contribution in [-0.2, 0) is 52.4 Å². The smallest absolute Gasteiger partial charge is 0 e. The Hall–Kier alpha value is 0.266. The molecule has 0 radical (unpaired) electrons. The minimum absolute atomic E-state index is 0. The quantitative estimate of drug-likeness (QED) is 0.0904. The van der Waals surface area contributed by atoms with Gasteiger partial charge in [-0.25, -0.2) is 0 Å². The van der Waals surface area contributed by atoms with Gasteiger partial charge in [0.25, 0.3) is 0 Å². The van der Waals surface area contributed by atoms with Gasteiger partial charge in [0.1, 0.15) is 0 Å². The Labute approximate surface area is 402 Å². The van der Waals surface area contributed by atoms with Crippen molar-refractivity contribution >= 4 is 0 Å².